The van der Waals surface area contributed by atoms with E-state index in [2.05, 4.69) is 15.9 Å². The Labute approximate surface area is 127 Å². The molecule has 0 aliphatic carbocycles. The summed E-state index contributed by atoms with van der Waals surface area (Å²) in [5, 5.41) is 0. The topological polar surface area (TPSA) is 44.5 Å². The SMILES string of the molecule is COc1cc(F)c(Br)cc1C(N)CCC1CCCCO1. The Balaban J connectivity index is 2.00. The number of ether oxygens (including phenoxy) is 2. The third-order valence-electron chi connectivity index (χ3n) is 3.75. The summed E-state index contributed by atoms with van der Waals surface area (Å²) in [4.78, 5) is 0. The smallest absolute Gasteiger partial charge is 0.141 e. The van der Waals surface area contributed by atoms with Crippen LogP contribution in [0, 0.1) is 5.82 Å². The van der Waals surface area contributed by atoms with Gasteiger partial charge >= 0.3 is 0 Å². The molecule has 1 saturated heterocycles. The maximum atomic E-state index is 13.5. The zero-order chi connectivity index (χ0) is 14.5. The Morgan fingerprint density at radius 1 is 1.50 bits per heavy atom. The van der Waals surface area contributed by atoms with E-state index in [0.29, 0.717) is 16.3 Å². The molecule has 1 fully saturated rings. The van der Waals surface area contributed by atoms with Crippen LogP contribution < -0.4 is 10.5 Å². The number of benzene rings is 1. The Morgan fingerprint density at radius 3 is 2.95 bits per heavy atom. The summed E-state index contributed by atoms with van der Waals surface area (Å²) in [6, 6.07) is 2.91. The fourth-order valence-corrected chi connectivity index (χ4v) is 2.93. The molecule has 1 aromatic rings. The van der Waals surface area contributed by atoms with E-state index in [0.717, 1.165) is 37.9 Å². The number of rotatable bonds is 5. The van der Waals surface area contributed by atoms with Crippen molar-refractivity contribution in [1.29, 1.82) is 0 Å². The summed E-state index contributed by atoms with van der Waals surface area (Å²) in [5.74, 6) is 0.163. The second-order valence-corrected chi connectivity index (χ2v) is 6.04. The van der Waals surface area contributed by atoms with Gasteiger partial charge in [0.2, 0.25) is 0 Å². The minimum Gasteiger partial charge on any atom is -0.496 e. The summed E-state index contributed by atoms with van der Waals surface area (Å²) in [5.41, 5.74) is 7.06. The lowest BCUT2D eigenvalue weighted by Crippen LogP contribution is -2.21. The minimum absolute atomic E-state index is 0.174. The third kappa shape index (κ3) is 3.93. The highest BCUT2D eigenvalue weighted by Gasteiger charge is 2.19. The Kier molecular flexibility index (Phi) is 5.81. The molecule has 5 heteroatoms. The Bertz CT molecular complexity index is 450. The maximum Gasteiger partial charge on any atom is 0.141 e. The Hall–Kier alpha value is -0.650. The molecule has 1 heterocycles. The molecule has 0 bridgehead atoms. The zero-order valence-electron chi connectivity index (χ0n) is 11.7. The largest absolute Gasteiger partial charge is 0.496 e. The van der Waals surface area contributed by atoms with Gasteiger partial charge in [-0.2, -0.15) is 0 Å². The lowest BCUT2D eigenvalue weighted by Gasteiger charge is -2.24. The van der Waals surface area contributed by atoms with Crippen LogP contribution in [0.15, 0.2) is 16.6 Å². The molecule has 1 aliphatic heterocycles. The predicted octanol–water partition coefficient (Wildman–Crippen LogP) is 3.95. The van der Waals surface area contributed by atoms with Crippen LogP contribution >= 0.6 is 15.9 Å². The minimum atomic E-state index is -0.339. The van der Waals surface area contributed by atoms with Gasteiger partial charge in [-0.3, -0.25) is 0 Å². The number of hydrogen-bond donors (Lipinski definition) is 1. The van der Waals surface area contributed by atoms with Crippen molar-refractivity contribution in [3.63, 3.8) is 0 Å². The van der Waals surface area contributed by atoms with Crippen molar-refractivity contribution in [2.24, 2.45) is 5.73 Å². The van der Waals surface area contributed by atoms with Gasteiger partial charge in [-0.15, -0.1) is 0 Å². The molecule has 0 aromatic heterocycles. The van der Waals surface area contributed by atoms with E-state index in [1.165, 1.54) is 19.6 Å². The van der Waals surface area contributed by atoms with Crippen LogP contribution in [-0.4, -0.2) is 19.8 Å². The molecule has 3 nitrogen and oxygen atoms in total. The van der Waals surface area contributed by atoms with Crippen LogP contribution in [0.2, 0.25) is 0 Å². The van der Waals surface area contributed by atoms with Gasteiger partial charge in [0.1, 0.15) is 11.6 Å². The Morgan fingerprint density at radius 2 is 2.30 bits per heavy atom. The molecule has 0 spiro atoms. The first-order chi connectivity index (χ1) is 9.61. The normalized spacial score (nSPS) is 20.7. The van der Waals surface area contributed by atoms with E-state index in [1.807, 2.05) is 0 Å². The van der Waals surface area contributed by atoms with E-state index in [4.69, 9.17) is 15.2 Å². The van der Waals surface area contributed by atoms with Crippen LogP contribution in [0.1, 0.15) is 43.7 Å². The molecule has 20 heavy (non-hydrogen) atoms. The summed E-state index contributed by atoms with van der Waals surface area (Å²) < 4.78 is 24.8. The summed E-state index contributed by atoms with van der Waals surface area (Å²) in [7, 11) is 1.53. The number of nitrogens with two attached hydrogens (primary N) is 1. The van der Waals surface area contributed by atoms with E-state index in [9.17, 15) is 4.39 Å². The van der Waals surface area contributed by atoms with Gasteiger partial charge in [0.25, 0.3) is 0 Å². The van der Waals surface area contributed by atoms with Crippen molar-refractivity contribution in [2.75, 3.05) is 13.7 Å². The van der Waals surface area contributed by atoms with Crippen LogP contribution in [0.4, 0.5) is 4.39 Å². The van der Waals surface area contributed by atoms with Crippen molar-refractivity contribution >= 4 is 15.9 Å². The zero-order valence-corrected chi connectivity index (χ0v) is 13.3. The van der Waals surface area contributed by atoms with Crippen LogP contribution in [0.5, 0.6) is 5.75 Å². The van der Waals surface area contributed by atoms with Gasteiger partial charge in [0, 0.05) is 24.3 Å². The van der Waals surface area contributed by atoms with Crippen molar-refractivity contribution < 1.29 is 13.9 Å². The lowest BCUT2D eigenvalue weighted by molar-refractivity contribution is 0.00909. The first-order valence-corrected chi connectivity index (χ1v) is 7.81. The second kappa shape index (κ2) is 7.38. The van der Waals surface area contributed by atoms with E-state index < -0.39 is 0 Å². The molecule has 1 aromatic carbocycles. The molecule has 1 aliphatic rings. The first-order valence-electron chi connectivity index (χ1n) is 7.02. The maximum absolute atomic E-state index is 13.5. The number of hydrogen-bond acceptors (Lipinski definition) is 3. The predicted molar refractivity (Wildman–Crippen MR) is 80.4 cm³/mol. The molecule has 0 saturated carbocycles. The van der Waals surface area contributed by atoms with Gasteiger partial charge in [-0.05, 0) is 54.1 Å². The molecule has 2 N–H and O–H groups in total. The molecular weight excluding hydrogens is 325 g/mol. The molecular formula is C15H21BrFNO2. The van der Waals surface area contributed by atoms with Gasteiger partial charge in [0.05, 0.1) is 17.7 Å². The molecule has 2 atom stereocenters. The molecule has 0 radical (unpaired) electrons. The summed E-state index contributed by atoms with van der Waals surface area (Å²) >= 11 is 3.19. The standard InChI is InChI=1S/C15H21BrFNO2/c1-19-15-9-13(17)12(16)8-11(15)14(18)6-5-10-4-2-3-7-20-10/h8-10,14H,2-7,18H2,1H3. The third-order valence-corrected chi connectivity index (χ3v) is 4.35. The quantitative estimate of drug-likeness (QED) is 0.878. The van der Waals surface area contributed by atoms with Gasteiger partial charge < -0.3 is 15.2 Å². The average Bonchev–Trinajstić information content (AvgIpc) is 2.48. The van der Waals surface area contributed by atoms with E-state index in [1.54, 1.807) is 6.07 Å². The van der Waals surface area contributed by atoms with Gasteiger partial charge in [0.15, 0.2) is 0 Å². The van der Waals surface area contributed by atoms with Crippen molar-refractivity contribution in [3.05, 3.63) is 28.0 Å². The number of halogens is 2. The van der Waals surface area contributed by atoms with E-state index >= 15 is 0 Å². The molecule has 2 unspecified atom stereocenters. The summed E-state index contributed by atoms with van der Waals surface area (Å²) in [6.07, 6.45) is 5.53. The second-order valence-electron chi connectivity index (χ2n) is 5.18. The van der Waals surface area contributed by atoms with Crippen molar-refractivity contribution in [3.8, 4) is 5.75 Å². The molecule has 0 amide bonds. The average molecular weight is 346 g/mol. The van der Waals surface area contributed by atoms with Crippen LogP contribution in [-0.2, 0) is 4.74 Å². The fraction of sp³-hybridized carbons (Fsp3) is 0.600. The van der Waals surface area contributed by atoms with Crippen LogP contribution in [0.25, 0.3) is 0 Å². The van der Waals surface area contributed by atoms with Crippen molar-refractivity contribution in [1.82, 2.24) is 0 Å². The van der Waals surface area contributed by atoms with E-state index in [-0.39, 0.29) is 11.9 Å². The van der Waals surface area contributed by atoms with Gasteiger partial charge in [-0.25, -0.2) is 4.39 Å². The molecule has 112 valence electrons. The van der Waals surface area contributed by atoms with Crippen molar-refractivity contribution in [2.45, 2.75) is 44.2 Å². The molecule has 2 rings (SSSR count). The number of methoxy groups -OCH3 is 1. The summed E-state index contributed by atoms with van der Waals surface area (Å²) in [6.45, 7) is 0.853. The first kappa shape index (κ1) is 15.7. The highest BCUT2D eigenvalue weighted by atomic mass is 79.9. The highest BCUT2D eigenvalue weighted by Crippen LogP contribution is 2.32. The van der Waals surface area contributed by atoms with Crippen LogP contribution in [0.3, 0.4) is 0 Å². The highest BCUT2D eigenvalue weighted by molar-refractivity contribution is 9.10. The fourth-order valence-electron chi connectivity index (χ4n) is 2.57. The van der Waals surface area contributed by atoms with Gasteiger partial charge in [-0.1, -0.05) is 0 Å². The lowest BCUT2D eigenvalue weighted by atomic mass is 9.97. The monoisotopic (exact) mass is 345 g/mol.